The second-order valence-electron chi connectivity index (χ2n) is 12.8. The summed E-state index contributed by atoms with van der Waals surface area (Å²) in [6.45, 7) is 3.45. The van der Waals surface area contributed by atoms with Gasteiger partial charge in [0.05, 0.1) is 12.1 Å². The zero-order chi connectivity index (χ0) is 38.1. The number of rotatable bonds is 6. The van der Waals surface area contributed by atoms with Gasteiger partial charge in [0.25, 0.3) is 12.3 Å². The van der Waals surface area contributed by atoms with Crippen LogP contribution >= 0.6 is 0 Å². The lowest BCUT2D eigenvalue weighted by atomic mass is 9.87. The third kappa shape index (κ3) is 6.41. The van der Waals surface area contributed by atoms with Gasteiger partial charge in [-0.1, -0.05) is 6.07 Å². The summed E-state index contributed by atoms with van der Waals surface area (Å²) in [4.78, 5) is 27.4. The maximum absolute atomic E-state index is 14.2. The number of aliphatic hydroxyl groups is 8. The predicted molar refractivity (Wildman–Crippen MR) is 159 cm³/mol. The highest BCUT2D eigenvalue weighted by atomic mass is 19.3. The maximum Gasteiger partial charge on any atom is 0.326 e. The Kier molecular flexibility index (Phi) is 10.1. The number of likely N-dealkylation sites (tertiary alicyclic amines) is 1. The summed E-state index contributed by atoms with van der Waals surface area (Å²) < 4.78 is 70.0. The summed E-state index contributed by atoms with van der Waals surface area (Å²) in [7, 11) is 1.25. The van der Waals surface area contributed by atoms with Crippen molar-refractivity contribution in [2.24, 2.45) is 0 Å². The SMILES string of the molecule is CC(=O)N1C(O)(O)C(O)(O)N(C2CCN(C(=O)N(C)C(C)c3cc(C(F)F)cc(C(C)(F)F)c3)C(c3ccc(F)cc3C)C2)C(O)(O)C1(O)O. The summed E-state index contributed by atoms with van der Waals surface area (Å²) in [5, 5.41) is 86.3. The van der Waals surface area contributed by atoms with Gasteiger partial charge in [0.2, 0.25) is 5.91 Å². The van der Waals surface area contributed by atoms with Crippen molar-refractivity contribution in [3.8, 4) is 0 Å². The van der Waals surface area contributed by atoms with Gasteiger partial charge < -0.3 is 50.7 Å². The van der Waals surface area contributed by atoms with Gasteiger partial charge in [-0.15, -0.1) is 0 Å². The lowest BCUT2D eigenvalue weighted by molar-refractivity contribution is -0.604. The third-order valence-electron chi connectivity index (χ3n) is 9.39. The standard InChI is InChI=1S/C31H39F5N4O10/c1-15-10-21(32)6-7-23(15)24-14-22(40-30(47,48)28(43,44)39(17(3)41)29(45,46)31(40,49)50)8-9-38(24)26(42)37(5)16(2)18-11-19(25(33)34)13-20(12-18)27(4,35)36/h6-7,10-13,16,22,24-25,43-50H,8-9,14H2,1-5H3. The van der Waals surface area contributed by atoms with E-state index < -0.39 is 107 Å². The van der Waals surface area contributed by atoms with Crippen LogP contribution in [0.15, 0.2) is 36.4 Å². The molecule has 3 atom stereocenters. The van der Waals surface area contributed by atoms with Crippen molar-refractivity contribution in [3.63, 3.8) is 0 Å². The summed E-state index contributed by atoms with van der Waals surface area (Å²) in [6, 6.07) is 1.09. The molecule has 2 aromatic rings. The van der Waals surface area contributed by atoms with Crippen LogP contribution in [-0.4, -0.2) is 116 Å². The van der Waals surface area contributed by atoms with Crippen molar-refractivity contribution in [3.05, 3.63) is 70.0 Å². The normalized spacial score (nSPS) is 23.9. The van der Waals surface area contributed by atoms with Gasteiger partial charge in [0.1, 0.15) is 5.82 Å². The molecule has 3 amide bonds. The number of benzene rings is 2. The Balaban J connectivity index is 1.78. The minimum Gasteiger partial charge on any atom is -0.347 e. The van der Waals surface area contributed by atoms with Crippen molar-refractivity contribution in [2.75, 3.05) is 13.6 Å². The fourth-order valence-corrected chi connectivity index (χ4v) is 6.61. The topological polar surface area (TPSA) is 209 Å². The van der Waals surface area contributed by atoms with Crippen LogP contribution in [0.2, 0.25) is 0 Å². The first-order valence-corrected chi connectivity index (χ1v) is 15.2. The molecule has 2 aliphatic rings. The van der Waals surface area contributed by atoms with Gasteiger partial charge >= 0.3 is 29.7 Å². The lowest BCUT2D eigenvalue weighted by Crippen LogP contribution is -2.92. The van der Waals surface area contributed by atoms with Gasteiger partial charge in [-0.3, -0.25) is 4.79 Å². The number of halogens is 5. The number of carbonyl (C=O) groups excluding carboxylic acids is 2. The maximum atomic E-state index is 14.2. The zero-order valence-corrected chi connectivity index (χ0v) is 27.5. The molecule has 19 heteroatoms. The molecule has 2 aliphatic heterocycles. The molecule has 0 bridgehead atoms. The van der Waals surface area contributed by atoms with Crippen molar-refractivity contribution >= 4 is 11.9 Å². The van der Waals surface area contributed by atoms with E-state index in [0.717, 1.165) is 34.1 Å². The van der Waals surface area contributed by atoms with E-state index in [1.807, 2.05) is 0 Å². The van der Waals surface area contributed by atoms with Gasteiger partial charge in [-0.2, -0.15) is 4.90 Å². The highest BCUT2D eigenvalue weighted by Gasteiger charge is 2.79. The highest BCUT2D eigenvalue weighted by Crippen LogP contribution is 2.48. The molecule has 2 saturated heterocycles. The fourth-order valence-electron chi connectivity index (χ4n) is 6.61. The Hall–Kier alpha value is -3.53. The molecule has 2 aromatic carbocycles. The molecular weight excluding hydrogens is 683 g/mol. The Morgan fingerprint density at radius 1 is 0.920 bits per heavy atom. The van der Waals surface area contributed by atoms with E-state index in [9.17, 15) is 72.4 Å². The fraction of sp³-hybridized carbons (Fsp3) is 0.548. The number of hydrogen-bond donors (Lipinski definition) is 8. The first kappa shape index (κ1) is 39.3. The summed E-state index contributed by atoms with van der Waals surface area (Å²) in [5.41, 5.74) is -1.05. The van der Waals surface area contributed by atoms with E-state index in [1.54, 1.807) is 0 Å². The molecule has 4 rings (SSSR count). The Morgan fingerprint density at radius 2 is 1.46 bits per heavy atom. The molecule has 0 saturated carbocycles. The number of urea groups is 1. The van der Waals surface area contributed by atoms with E-state index in [-0.39, 0.29) is 21.6 Å². The van der Waals surface area contributed by atoms with Gasteiger partial charge in [-0.05, 0) is 73.7 Å². The van der Waals surface area contributed by atoms with E-state index in [4.69, 9.17) is 0 Å². The highest BCUT2D eigenvalue weighted by molar-refractivity contribution is 5.76. The molecule has 50 heavy (non-hydrogen) atoms. The molecule has 0 radical (unpaired) electrons. The van der Waals surface area contributed by atoms with Crippen molar-refractivity contribution in [1.29, 1.82) is 0 Å². The van der Waals surface area contributed by atoms with Crippen LogP contribution in [0.4, 0.5) is 26.7 Å². The molecule has 0 aromatic heterocycles. The smallest absolute Gasteiger partial charge is 0.326 e. The van der Waals surface area contributed by atoms with E-state index in [0.29, 0.717) is 19.9 Å². The van der Waals surface area contributed by atoms with Gasteiger partial charge in [0, 0.05) is 44.6 Å². The minimum absolute atomic E-state index is 0.0666. The Morgan fingerprint density at radius 3 is 1.94 bits per heavy atom. The first-order valence-electron chi connectivity index (χ1n) is 15.2. The molecule has 2 heterocycles. The number of amides is 3. The molecule has 3 unspecified atom stereocenters. The Labute approximate surface area is 282 Å². The van der Waals surface area contributed by atoms with Crippen LogP contribution in [0.3, 0.4) is 0 Å². The minimum atomic E-state index is -4.29. The zero-order valence-electron chi connectivity index (χ0n) is 27.5. The average Bonchev–Trinajstić information content (AvgIpc) is 2.98. The summed E-state index contributed by atoms with van der Waals surface area (Å²) in [6.07, 6.45) is -4.18. The van der Waals surface area contributed by atoms with Crippen molar-refractivity contribution in [1.82, 2.24) is 19.6 Å². The summed E-state index contributed by atoms with van der Waals surface area (Å²) in [5.74, 6) is -22.9. The van der Waals surface area contributed by atoms with E-state index >= 15 is 0 Å². The number of carbonyl (C=O) groups is 2. The number of alkyl halides is 4. The van der Waals surface area contributed by atoms with E-state index in [1.165, 1.54) is 27.0 Å². The van der Waals surface area contributed by atoms with Crippen molar-refractivity contribution in [2.45, 2.75) is 94.7 Å². The second-order valence-corrected chi connectivity index (χ2v) is 12.8. The lowest BCUT2D eigenvalue weighted by Gasteiger charge is -2.62. The monoisotopic (exact) mass is 722 g/mol. The van der Waals surface area contributed by atoms with E-state index in [2.05, 4.69) is 0 Å². The largest absolute Gasteiger partial charge is 0.347 e. The van der Waals surface area contributed by atoms with Crippen LogP contribution in [0, 0.1) is 12.7 Å². The second kappa shape index (κ2) is 12.9. The van der Waals surface area contributed by atoms with Crippen LogP contribution in [0.25, 0.3) is 0 Å². The molecule has 14 nitrogen and oxygen atoms in total. The van der Waals surface area contributed by atoms with Gasteiger partial charge in [-0.25, -0.2) is 31.6 Å². The van der Waals surface area contributed by atoms with Crippen LogP contribution in [0.5, 0.6) is 0 Å². The molecule has 0 aliphatic carbocycles. The molecule has 2 fully saturated rings. The van der Waals surface area contributed by atoms with Gasteiger partial charge in [0.15, 0.2) is 0 Å². The quantitative estimate of drug-likeness (QED) is 0.157. The molecule has 8 N–H and O–H groups in total. The average molecular weight is 723 g/mol. The number of nitrogens with zero attached hydrogens (tertiary/aromatic N) is 4. The predicted octanol–water partition coefficient (Wildman–Crippen LogP) is 1.22. The first-order chi connectivity index (χ1) is 22.7. The number of aryl methyl sites for hydroxylation is 1. The van der Waals surface area contributed by atoms with Crippen molar-refractivity contribution < 1.29 is 72.4 Å². The molecule has 278 valence electrons. The number of hydrogen-bond acceptors (Lipinski definition) is 11. The number of piperazine rings is 1. The van der Waals surface area contributed by atoms with Crippen LogP contribution < -0.4 is 0 Å². The summed E-state index contributed by atoms with van der Waals surface area (Å²) >= 11 is 0. The number of piperidine rings is 1. The van der Waals surface area contributed by atoms with Crippen LogP contribution in [-0.2, 0) is 10.7 Å². The molecule has 0 spiro atoms. The Bertz CT molecular complexity index is 1610. The van der Waals surface area contributed by atoms with Crippen LogP contribution in [0.1, 0.15) is 79.9 Å². The third-order valence-corrected chi connectivity index (χ3v) is 9.39. The molecular formula is C31H39F5N4O10.